The van der Waals surface area contributed by atoms with Crippen LogP contribution in [0.25, 0.3) is 0 Å². The molecule has 0 amide bonds. The van der Waals surface area contributed by atoms with Crippen LogP contribution < -0.4 is 5.32 Å². The van der Waals surface area contributed by atoms with Gasteiger partial charge in [0.25, 0.3) is 0 Å². The second-order valence-electron chi connectivity index (χ2n) is 3.34. The normalized spacial score (nSPS) is 20.3. The molecule has 0 spiro atoms. The highest BCUT2D eigenvalue weighted by atomic mass is 35.5. The van der Waals surface area contributed by atoms with E-state index in [0.717, 1.165) is 11.4 Å². The highest BCUT2D eigenvalue weighted by Gasteiger charge is 2.13. The molecular formula is C11H10Cl2N2. The van der Waals surface area contributed by atoms with E-state index in [-0.39, 0.29) is 6.04 Å². The Morgan fingerprint density at radius 1 is 1.33 bits per heavy atom. The van der Waals surface area contributed by atoms with Gasteiger partial charge in [-0.15, -0.1) is 0 Å². The molecule has 1 atom stereocenters. The van der Waals surface area contributed by atoms with E-state index < -0.39 is 0 Å². The topological polar surface area (TPSA) is 24.4 Å². The van der Waals surface area contributed by atoms with E-state index in [1.165, 1.54) is 0 Å². The van der Waals surface area contributed by atoms with Crippen LogP contribution in [0.1, 0.15) is 12.5 Å². The Labute approximate surface area is 98.6 Å². The largest absolute Gasteiger partial charge is 0.345 e. The number of hydrogen-bond donors (Lipinski definition) is 1. The Balaban J connectivity index is 2.30. The molecular weight excluding hydrogens is 231 g/mol. The molecule has 4 heteroatoms. The average molecular weight is 241 g/mol. The Morgan fingerprint density at radius 2 is 2.13 bits per heavy atom. The molecule has 0 bridgehead atoms. The van der Waals surface area contributed by atoms with Crippen molar-refractivity contribution in [3.8, 4) is 0 Å². The second-order valence-corrected chi connectivity index (χ2v) is 4.21. The average Bonchev–Trinajstić information content (AvgIpc) is 2.22. The molecule has 2 rings (SSSR count). The summed E-state index contributed by atoms with van der Waals surface area (Å²) in [4.78, 5) is 4.42. The van der Waals surface area contributed by atoms with E-state index in [2.05, 4.69) is 10.3 Å². The molecule has 78 valence electrons. The number of halogens is 2. The van der Waals surface area contributed by atoms with Crippen LogP contribution in [0.4, 0.5) is 0 Å². The Hall–Kier alpha value is -0.990. The Bertz CT molecular complexity index is 438. The van der Waals surface area contributed by atoms with Crippen molar-refractivity contribution < 1.29 is 0 Å². The lowest BCUT2D eigenvalue weighted by atomic mass is 10.2. The van der Waals surface area contributed by atoms with E-state index in [1.807, 2.05) is 31.2 Å². The van der Waals surface area contributed by atoms with E-state index in [9.17, 15) is 0 Å². The van der Waals surface area contributed by atoms with Crippen molar-refractivity contribution in [3.63, 3.8) is 0 Å². The van der Waals surface area contributed by atoms with Gasteiger partial charge in [-0.25, -0.2) is 0 Å². The third-order valence-electron chi connectivity index (χ3n) is 2.17. The monoisotopic (exact) mass is 240 g/mol. The minimum Gasteiger partial charge on any atom is -0.345 e. The predicted molar refractivity (Wildman–Crippen MR) is 64.5 cm³/mol. The van der Waals surface area contributed by atoms with Gasteiger partial charge >= 0.3 is 0 Å². The van der Waals surface area contributed by atoms with Crippen LogP contribution in [0.15, 0.2) is 40.5 Å². The number of aliphatic imine (C=N–C) groups is 1. The zero-order chi connectivity index (χ0) is 10.8. The summed E-state index contributed by atoms with van der Waals surface area (Å²) >= 11 is 11.8. The molecule has 1 aromatic carbocycles. The second kappa shape index (κ2) is 4.25. The summed E-state index contributed by atoms with van der Waals surface area (Å²) in [7, 11) is 0. The molecule has 1 aliphatic rings. The standard InChI is InChI=1S/C11H10Cl2N2/c1-7-10(13)6-14-11(15-7)8-3-2-4-9(12)5-8/h2-7H,1H3,(H,14,15). The van der Waals surface area contributed by atoms with Crippen molar-refractivity contribution in [2.24, 2.45) is 4.99 Å². The first kappa shape index (κ1) is 10.5. The predicted octanol–water partition coefficient (Wildman–Crippen LogP) is 3.16. The van der Waals surface area contributed by atoms with Crippen LogP contribution in [-0.4, -0.2) is 11.9 Å². The zero-order valence-corrected chi connectivity index (χ0v) is 9.68. The Morgan fingerprint density at radius 3 is 2.80 bits per heavy atom. The number of benzene rings is 1. The summed E-state index contributed by atoms with van der Waals surface area (Å²) in [6.45, 7) is 1.95. The van der Waals surface area contributed by atoms with Gasteiger partial charge in [-0.05, 0) is 19.1 Å². The third-order valence-corrected chi connectivity index (χ3v) is 2.83. The SMILES string of the molecule is CC1N=C(c2cccc(Cl)c2)NC=C1Cl. The number of amidine groups is 1. The molecule has 15 heavy (non-hydrogen) atoms. The van der Waals surface area contributed by atoms with Crippen molar-refractivity contribution >= 4 is 29.0 Å². The van der Waals surface area contributed by atoms with Gasteiger partial charge in [0.2, 0.25) is 0 Å². The van der Waals surface area contributed by atoms with Gasteiger partial charge in [0.1, 0.15) is 5.84 Å². The van der Waals surface area contributed by atoms with Crippen molar-refractivity contribution in [2.45, 2.75) is 13.0 Å². The number of hydrogen-bond acceptors (Lipinski definition) is 2. The minimum absolute atomic E-state index is 0.00176. The summed E-state index contributed by atoms with van der Waals surface area (Å²) in [6, 6.07) is 7.56. The molecule has 0 fully saturated rings. The van der Waals surface area contributed by atoms with Crippen molar-refractivity contribution in [1.82, 2.24) is 5.32 Å². The van der Waals surface area contributed by atoms with E-state index in [0.29, 0.717) is 10.1 Å². The maximum Gasteiger partial charge on any atom is 0.132 e. The van der Waals surface area contributed by atoms with E-state index >= 15 is 0 Å². The third kappa shape index (κ3) is 2.33. The van der Waals surface area contributed by atoms with Crippen LogP contribution in [-0.2, 0) is 0 Å². The first-order chi connectivity index (χ1) is 7.16. The molecule has 1 N–H and O–H groups in total. The van der Waals surface area contributed by atoms with Gasteiger partial charge in [0.15, 0.2) is 0 Å². The van der Waals surface area contributed by atoms with Crippen LogP contribution >= 0.6 is 23.2 Å². The fraction of sp³-hybridized carbons (Fsp3) is 0.182. The molecule has 0 saturated carbocycles. The van der Waals surface area contributed by atoms with E-state index in [4.69, 9.17) is 23.2 Å². The molecule has 1 aromatic rings. The van der Waals surface area contributed by atoms with E-state index in [1.54, 1.807) is 6.20 Å². The number of rotatable bonds is 1. The van der Waals surface area contributed by atoms with Gasteiger partial charge in [0.05, 0.1) is 11.1 Å². The molecule has 0 radical (unpaired) electrons. The van der Waals surface area contributed by atoms with Crippen LogP contribution in [0.3, 0.4) is 0 Å². The van der Waals surface area contributed by atoms with Crippen molar-refractivity contribution in [2.75, 3.05) is 0 Å². The van der Waals surface area contributed by atoms with Gasteiger partial charge in [0, 0.05) is 16.8 Å². The summed E-state index contributed by atoms with van der Waals surface area (Å²) < 4.78 is 0. The van der Waals surface area contributed by atoms with Crippen LogP contribution in [0.2, 0.25) is 5.02 Å². The first-order valence-electron chi connectivity index (χ1n) is 4.62. The molecule has 2 nitrogen and oxygen atoms in total. The number of nitrogens with one attached hydrogen (secondary N) is 1. The molecule has 0 aromatic heterocycles. The first-order valence-corrected chi connectivity index (χ1v) is 5.38. The lowest BCUT2D eigenvalue weighted by Crippen LogP contribution is -2.26. The summed E-state index contributed by atoms with van der Waals surface area (Å²) in [5, 5.41) is 4.45. The maximum absolute atomic E-state index is 5.92. The summed E-state index contributed by atoms with van der Waals surface area (Å²) in [6.07, 6.45) is 1.76. The molecule has 0 aliphatic carbocycles. The number of nitrogens with zero attached hydrogens (tertiary/aromatic N) is 1. The fourth-order valence-electron chi connectivity index (χ4n) is 1.34. The van der Waals surface area contributed by atoms with Crippen molar-refractivity contribution in [3.05, 3.63) is 46.1 Å². The lowest BCUT2D eigenvalue weighted by Gasteiger charge is -2.16. The van der Waals surface area contributed by atoms with Gasteiger partial charge in [-0.1, -0.05) is 35.3 Å². The molecule has 1 aliphatic heterocycles. The van der Waals surface area contributed by atoms with Gasteiger partial charge in [-0.3, -0.25) is 4.99 Å². The molecule has 1 heterocycles. The smallest absolute Gasteiger partial charge is 0.132 e. The van der Waals surface area contributed by atoms with Crippen LogP contribution in [0.5, 0.6) is 0 Å². The maximum atomic E-state index is 5.92. The molecule has 1 unspecified atom stereocenters. The minimum atomic E-state index is 0.00176. The Kier molecular flexibility index (Phi) is 2.98. The zero-order valence-electron chi connectivity index (χ0n) is 8.17. The highest BCUT2D eigenvalue weighted by Crippen LogP contribution is 2.17. The summed E-state index contributed by atoms with van der Waals surface area (Å²) in [5.74, 6) is 0.800. The lowest BCUT2D eigenvalue weighted by molar-refractivity contribution is 0.868. The van der Waals surface area contributed by atoms with Crippen LogP contribution in [0, 0.1) is 0 Å². The van der Waals surface area contributed by atoms with Gasteiger partial charge in [-0.2, -0.15) is 0 Å². The molecule has 0 saturated heterocycles. The summed E-state index contributed by atoms with van der Waals surface area (Å²) in [5.41, 5.74) is 0.967. The van der Waals surface area contributed by atoms with Gasteiger partial charge < -0.3 is 5.32 Å². The quantitative estimate of drug-likeness (QED) is 0.802. The highest BCUT2D eigenvalue weighted by molar-refractivity contribution is 6.31. The fourth-order valence-corrected chi connectivity index (χ4v) is 1.64. The van der Waals surface area contributed by atoms with Crippen molar-refractivity contribution in [1.29, 1.82) is 0 Å².